The summed E-state index contributed by atoms with van der Waals surface area (Å²) in [5.74, 6) is -2.46. The van der Waals surface area contributed by atoms with Crippen LogP contribution in [0.2, 0.25) is 0 Å². The maximum Gasteiger partial charge on any atom is 0.408 e. The van der Waals surface area contributed by atoms with Crippen molar-refractivity contribution in [3.05, 3.63) is 48.8 Å². The zero-order valence-corrected chi connectivity index (χ0v) is 33.8. The number of hydrogen-bond donors (Lipinski definition) is 5. The first-order valence-electron chi connectivity index (χ1n) is 19.5. The van der Waals surface area contributed by atoms with Gasteiger partial charge < -0.3 is 35.6 Å². The standard InChI is InChI=1S/C39H53FN8O8S/c1-7-23-20-39(23,35(51)47-57(53,54)28-16-17-28)46-33(49)29-18-27(21-48(29)34(50)32(38(4,5)6)45-37(52)56-26-10-8-9-11-26)55-31-19-30(41-22(2)3)43-36(44-31)42-25-14-12-24(40)13-15-25/h7,12-15,19,22-23,26-29,32H,1,8-11,16-18,20-21H2,2-6H3,(H,45,52)(H,46,49)(H,47,51)(H2,41,42,43,44)/t23-,27-,29+,32-,39-/m1/s1. The fourth-order valence-electron chi connectivity index (χ4n) is 7.26. The summed E-state index contributed by atoms with van der Waals surface area (Å²) in [7, 11) is -3.93. The van der Waals surface area contributed by atoms with Crippen LogP contribution in [-0.2, 0) is 29.1 Å². The molecule has 0 unspecified atom stereocenters. The molecule has 16 nitrogen and oxygen atoms in total. The molecule has 4 aliphatic rings. The van der Waals surface area contributed by atoms with Crippen LogP contribution in [0.5, 0.6) is 5.88 Å². The number of hydrogen-bond acceptors (Lipinski definition) is 12. The van der Waals surface area contributed by atoms with Crippen molar-refractivity contribution in [1.82, 2.24) is 30.2 Å². The van der Waals surface area contributed by atoms with Crippen molar-refractivity contribution >= 4 is 51.3 Å². The Hall–Kier alpha value is -5.00. The van der Waals surface area contributed by atoms with Gasteiger partial charge in [-0.2, -0.15) is 9.97 Å². The van der Waals surface area contributed by atoms with E-state index < -0.39 is 80.0 Å². The minimum absolute atomic E-state index is 0.0214. The van der Waals surface area contributed by atoms with Gasteiger partial charge in [0.05, 0.1) is 11.8 Å². The molecule has 0 bridgehead atoms. The Kier molecular flexibility index (Phi) is 12.0. The molecule has 2 heterocycles. The van der Waals surface area contributed by atoms with Gasteiger partial charge in [-0.1, -0.05) is 26.8 Å². The minimum atomic E-state index is -3.93. The molecule has 1 saturated heterocycles. The van der Waals surface area contributed by atoms with Crippen LogP contribution in [0.3, 0.4) is 0 Å². The average Bonchev–Trinajstić information content (AvgIpc) is 4.01. The van der Waals surface area contributed by atoms with Crippen LogP contribution >= 0.6 is 0 Å². The second-order valence-corrected chi connectivity index (χ2v) is 18.7. The summed E-state index contributed by atoms with van der Waals surface area (Å²) >= 11 is 0. The van der Waals surface area contributed by atoms with Gasteiger partial charge in [0.15, 0.2) is 0 Å². The number of sulfonamides is 1. The van der Waals surface area contributed by atoms with Crippen LogP contribution < -0.4 is 30.7 Å². The largest absolute Gasteiger partial charge is 0.472 e. The first-order chi connectivity index (χ1) is 26.9. The number of carbonyl (C=O) groups excluding carboxylic acids is 4. The zero-order valence-electron chi connectivity index (χ0n) is 33.0. The Morgan fingerprint density at radius 2 is 1.72 bits per heavy atom. The number of benzene rings is 1. The van der Waals surface area contributed by atoms with E-state index in [1.54, 1.807) is 26.8 Å². The second kappa shape index (κ2) is 16.5. The van der Waals surface area contributed by atoms with Gasteiger partial charge in [0.1, 0.15) is 41.5 Å². The average molecular weight is 813 g/mol. The highest BCUT2D eigenvalue weighted by molar-refractivity contribution is 7.91. The number of carbonyl (C=O) groups is 4. The first kappa shape index (κ1) is 41.6. The third kappa shape index (κ3) is 10.1. The van der Waals surface area contributed by atoms with E-state index in [2.05, 4.69) is 42.5 Å². The van der Waals surface area contributed by atoms with E-state index in [1.807, 2.05) is 13.8 Å². The van der Waals surface area contributed by atoms with E-state index in [0.717, 1.165) is 25.7 Å². The Morgan fingerprint density at radius 1 is 1.04 bits per heavy atom. The molecule has 57 heavy (non-hydrogen) atoms. The molecule has 6 rings (SSSR count). The predicted octanol–water partition coefficient (Wildman–Crippen LogP) is 4.28. The van der Waals surface area contributed by atoms with Crippen molar-refractivity contribution in [2.75, 3.05) is 17.2 Å². The van der Waals surface area contributed by atoms with Gasteiger partial charge in [-0.05, 0) is 88.5 Å². The molecule has 5 N–H and O–H groups in total. The molecule has 2 aromatic rings. The monoisotopic (exact) mass is 812 g/mol. The Balaban J connectivity index is 1.27. The normalized spacial score (nSPS) is 24.0. The van der Waals surface area contributed by atoms with Crippen LogP contribution in [-0.4, -0.2) is 94.8 Å². The van der Waals surface area contributed by atoms with Gasteiger partial charge in [-0.3, -0.25) is 19.1 Å². The number of likely N-dealkylation sites (tertiary alicyclic amines) is 1. The molecule has 1 aromatic carbocycles. The van der Waals surface area contributed by atoms with Gasteiger partial charge in [0, 0.05) is 30.1 Å². The molecule has 3 aliphatic carbocycles. The molecule has 0 spiro atoms. The van der Waals surface area contributed by atoms with Gasteiger partial charge in [-0.25, -0.2) is 17.6 Å². The minimum Gasteiger partial charge on any atom is -0.472 e. The number of aromatic nitrogens is 2. The highest BCUT2D eigenvalue weighted by atomic mass is 32.2. The van der Waals surface area contributed by atoms with E-state index in [1.165, 1.54) is 35.2 Å². The summed E-state index contributed by atoms with van der Waals surface area (Å²) in [6.07, 6.45) is 3.97. The molecule has 1 aliphatic heterocycles. The Morgan fingerprint density at radius 3 is 2.32 bits per heavy atom. The van der Waals surface area contributed by atoms with E-state index in [0.29, 0.717) is 24.3 Å². The third-order valence-corrected chi connectivity index (χ3v) is 12.4. The van der Waals surface area contributed by atoms with Crippen LogP contribution in [0, 0.1) is 17.2 Å². The fraction of sp³-hybridized carbons (Fsp3) is 0.590. The number of anilines is 3. The first-order valence-corrected chi connectivity index (χ1v) is 21.0. The Labute approximate surface area is 332 Å². The smallest absolute Gasteiger partial charge is 0.408 e. The second-order valence-electron chi connectivity index (χ2n) is 16.8. The maximum absolute atomic E-state index is 14.6. The third-order valence-electron chi connectivity index (χ3n) is 10.6. The van der Waals surface area contributed by atoms with Gasteiger partial charge in [-0.15, -0.1) is 6.58 Å². The summed E-state index contributed by atoms with van der Waals surface area (Å²) in [4.78, 5) is 66.0. The van der Waals surface area contributed by atoms with Crippen molar-refractivity contribution < 1.29 is 41.5 Å². The summed E-state index contributed by atoms with van der Waals surface area (Å²) in [6, 6.07) is 4.85. The van der Waals surface area contributed by atoms with Gasteiger partial charge in [0.2, 0.25) is 33.7 Å². The van der Waals surface area contributed by atoms with Crippen molar-refractivity contribution in [3.8, 4) is 5.88 Å². The molecule has 310 valence electrons. The number of halogens is 1. The Bertz CT molecular complexity index is 1970. The number of nitrogens with one attached hydrogen (secondary N) is 5. The molecule has 4 fully saturated rings. The topological polar surface area (TPSA) is 210 Å². The lowest BCUT2D eigenvalue weighted by atomic mass is 9.85. The summed E-state index contributed by atoms with van der Waals surface area (Å²) in [5.41, 5.74) is -1.91. The molecule has 5 atom stereocenters. The molecular weight excluding hydrogens is 760 g/mol. The van der Waals surface area contributed by atoms with E-state index >= 15 is 0 Å². The maximum atomic E-state index is 14.6. The molecule has 18 heteroatoms. The number of ether oxygens (including phenoxy) is 2. The number of nitrogens with zero attached hydrogens (tertiary/aromatic N) is 3. The van der Waals surface area contributed by atoms with Crippen molar-refractivity contribution in [2.24, 2.45) is 11.3 Å². The highest BCUT2D eigenvalue weighted by Gasteiger charge is 2.62. The van der Waals surface area contributed by atoms with Crippen molar-refractivity contribution in [3.63, 3.8) is 0 Å². The van der Waals surface area contributed by atoms with Gasteiger partial charge >= 0.3 is 6.09 Å². The van der Waals surface area contributed by atoms with Crippen LogP contribution in [0.25, 0.3) is 0 Å². The van der Waals surface area contributed by atoms with Crippen LogP contribution in [0.1, 0.15) is 86.0 Å². The van der Waals surface area contributed by atoms with Gasteiger partial charge in [0.25, 0.3) is 5.91 Å². The number of rotatable bonds is 15. The lowest BCUT2D eigenvalue weighted by Crippen LogP contribution is -2.60. The zero-order chi connectivity index (χ0) is 41.3. The van der Waals surface area contributed by atoms with Crippen LogP contribution in [0.15, 0.2) is 43.0 Å². The molecule has 0 radical (unpaired) electrons. The molecule has 4 amide bonds. The lowest BCUT2D eigenvalue weighted by molar-refractivity contribution is -0.143. The van der Waals surface area contributed by atoms with E-state index in [-0.39, 0.29) is 43.4 Å². The number of amides is 4. The fourth-order valence-corrected chi connectivity index (χ4v) is 8.63. The summed E-state index contributed by atoms with van der Waals surface area (Å²) in [5, 5.41) is 11.1. The van der Waals surface area contributed by atoms with Crippen LogP contribution in [0.4, 0.5) is 26.6 Å². The van der Waals surface area contributed by atoms with Crippen molar-refractivity contribution in [2.45, 2.75) is 127 Å². The van der Waals surface area contributed by atoms with Crippen molar-refractivity contribution in [1.29, 1.82) is 0 Å². The molecule has 3 saturated carbocycles. The summed E-state index contributed by atoms with van der Waals surface area (Å²) in [6.45, 7) is 12.9. The highest BCUT2D eigenvalue weighted by Crippen LogP contribution is 2.45. The SMILES string of the molecule is C=C[C@@H]1C[C@]1(NC(=O)[C@@H]1C[C@@H](Oc2cc(NC(C)C)nc(Nc3ccc(F)cc3)n2)CN1C(=O)[C@@H](NC(=O)OC1CCCC1)C(C)(C)C)C(=O)NS(=O)(=O)C1CC1. The van der Waals surface area contributed by atoms with E-state index in [9.17, 15) is 32.0 Å². The summed E-state index contributed by atoms with van der Waals surface area (Å²) < 4.78 is 53.3. The predicted molar refractivity (Wildman–Crippen MR) is 209 cm³/mol. The van der Waals surface area contributed by atoms with E-state index in [4.69, 9.17) is 9.47 Å². The number of alkyl carbamates (subject to hydrolysis) is 1. The quantitative estimate of drug-likeness (QED) is 0.160. The molecular formula is C39H53FN8O8S. The molecule has 1 aromatic heterocycles. The lowest BCUT2D eigenvalue weighted by Gasteiger charge is -2.35.